The van der Waals surface area contributed by atoms with Gasteiger partial charge in [-0.3, -0.25) is 0 Å². The van der Waals surface area contributed by atoms with Crippen molar-refractivity contribution in [3.05, 3.63) is 19.6 Å². The highest BCUT2D eigenvalue weighted by Crippen LogP contribution is 2.13. The molecule has 59 valence electrons. The molecule has 0 aliphatic rings. The molecule has 1 unspecified atom stereocenters. The van der Waals surface area contributed by atoms with Crippen molar-refractivity contribution in [1.29, 1.82) is 0 Å². The predicted octanol–water partition coefficient (Wildman–Crippen LogP) is 3.59. The van der Waals surface area contributed by atoms with E-state index in [9.17, 15) is 0 Å². The Morgan fingerprint density at radius 2 is 2.10 bits per heavy atom. The lowest BCUT2D eigenvalue weighted by Crippen LogP contribution is -1.92. The highest BCUT2D eigenvalue weighted by molar-refractivity contribution is 4.77. The summed E-state index contributed by atoms with van der Waals surface area (Å²) in [5, 5.41) is 0. The molecule has 0 aromatic heterocycles. The minimum atomic E-state index is 0.742. The van der Waals surface area contributed by atoms with E-state index in [-0.39, 0.29) is 0 Å². The highest BCUT2D eigenvalue weighted by atomic mass is 14.0. The summed E-state index contributed by atoms with van der Waals surface area (Å²) in [5.41, 5.74) is 0. The number of rotatable bonds is 6. The van der Waals surface area contributed by atoms with Crippen molar-refractivity contribution in [1.82, 2.24) is 0 Å². The zero-order valence-corrected chi connectivity index (χ0v) is 7.10. The van der Waals surface area contributed by atoms with Crippen LogP contribution in [0.25, 0.3) is 0 Å². The molecule has 0 aliphatic heterocycles. The van der Waals surface area contributed by atoms with Crippen LogP contribution < -0.4 is 0 Å². The topological polar surface area (TPSA) is 0 Å². The Hall–Kier alpha value is -0.260. The van der Waals surface area contributed by atoms with Crippen LogP contribution in [0.1, 0.15) is 39.0 Å². The smallest absolute Gasteiger partial charge is 0.0239 e. The summed E-state index contributed by atoms with van der Waals surface area (Å²) < 4.78 is 0. The number of unbranched alkanes of at least 4 members (excludes halogenated alkanes) is 2. The van der Waals surface area contributed by atoms with Gasteiger partial charge in [-0.25, -0.2) is 0 Å². The van der Waals surface area contributed by atoms with E-state index in [1.54, 1.807) is 0 Å². The van der Waals surface area contributed by atoms with E-state index < -0.39 is 0 Å². The average Bonchev–Trinajstić information content (AvgIpc) is 1.99. The first kappa shape index (κ1) is 9.74. The minimum absolute atomic E-state index is 0.742. The fraction of sp³-hybridized carbons (Fsp3) is 0.700. The van der Waals surface area contributed by atoms with Gasteiger partial charge in [0.15, 0.2) is 0 Å². The van der Waals surface area contributed by atoms with Gasteiger partial charge in [0.05, 0.1) is 0 Å². The van der Waals surface area contributed by atoms with E-state index in [1.807, 2.05) is 0 Å². The molecule has 0 spiro atoms. The maximum absolute atomic E-state index is 3.81. The van der Waals surface area contributed by atoms with Crippen LogP contribution in [0.5, 0.6) is 0 Å². The Kier molecular flexibility index (Phi) is 6.68. The Morgan fingerprint density at radius 3 is 2.50 bits per heavy atom. The summed E-state index contributed by atoms with van der Waals surface area (Å²) in [7, 11) is 0. The molecular weight excluding hydrogens is 120 g/mol. The van der Waals surface area contributed by atoms with Gasteiger partial charge in [0, 0.05) is 0 Å². The molecule has 0 aliphatic carbocycles. The second kappa shape index (κ2) is 6.85. The van der Waals surface area contributed by atoms with E-state index in [1.165, 1.54) is 25.7 Å². The zero-order valence-electron chi connectivity index (χ0n) is 7.10. The Morgan fingerprint density at radius 1 is 1.40 bits per heavy atom. The lowest BCUT2D eigenvalue weighted by Gasteiger charge is -2.07. The van der Waals surface area contributed by atoms with Crippen molar-refractivity contribution in [3.8, 4) is 0 Å². The van der Waals surface area contributed by atoms with Crippen molar-refractivity contribution in [3.63, 3.8) is 0 Å². The zero-order chi connectivity index (χ0) is 7.82. The van der Waals surface area contributed by atoms with Crippen LogP contribution in [0.4, 0.5) is 0 Å². The molecule has 10 heavy (non-hydrogen) atoms. The summed E-state index contributed by atoms with van der Waals surface area (Å²) in [4.78, 5) is 0. The second-order valence-corrected chi connectivity index (χ2v) is 2.75. The maximum Gasteiger partial charge on any atom is -0.0239 e. The molecule has 0 N–H and O–H groups in total. The maximum atomic E-state index is 3.81. The molecule has 0 saturated carbocycles. The van der Waals surface area contributed by atoms with Gasteiger partial charge >= 0.3 is 0 Å². The molecule has 0 rings (SSSR count). The molecule has 0 fully saturated rings. The van der Waals surface area contributed by atoms with Crippen molar-refractivity contribution in [2.45, 2.75) is 39.0 Å². The van der Waals surface area contributed by atoms with Crippen LogP contribution in [0.15, 0.2) is 12.7 Å². The molecule has 0 heterocycles. The standard InChI is InChI=1S/C10H19/c1-4-7-8-9-10(5-2)6-3/h5,10H,1-2,4,6-9H2,3H3. The fourth-order valence-electron chi connectivity index (χ4n) is 1.07. The molecule has 0 heteroatoms. The van der Waals surface area contributed by atoms with Gasteiger partial charge in [0.2, 0.25) is 0 Å². The quantitative estimate of drug-likeness (QED) is 0.389. The first-order chi connectivity index (χ1) is 4.85. The van der Waals surface area contributed by atoms with E-state index in [2.05, 4.69) is 26.5 Å². The third kappa shape index (κ3) is 4.60. The van der Waals surface area contributed by atoms with Gasteiger partial charge in [-0.15, -0.1) is 6.58 Å². The van der Waals surface area contributed by atoms with Crippen LogP contribution in [-0.4, -0.2) is 0 Å². The van der Waals surface area contributed by atoms with E-state index >= 15 is 0 Å². The third-order valence-electron chi connectivity index (χ3n) is 1.93. The van der Waals surface area contributed by atoms with Crippen molar-refractivity contribution in [2.75, 3.05) is 0 Å². The average molecular weight is 139 g/mol. The summed E-state index contributed by atoms with van der Waals surface area (Å²) >= 11 is 0. The molecule has 1 atom stereocenters. The van der Waals surface area contributed by atoms with Gasteiger partial charge in [-0.2, -0.15) is 0 Å². The SMILES string of the molecule is [CH2]CCCCC(C=C)CC. The normalized spacial score (nSPS) is 13.0. The van der Waals surface area contributed by atoms with Crippen molar-refractivity contribution in [2.24, 2.45) is 5.92 Å². The number of allylic oxidation sites excluding steroid dienone is 1. The van der Waals surface area contributed by atoms with Crippen LogP contribution >= 0.6 is 0 Å². The molecule has 0 aromatic rings. The summed E-state index contributed by atoms with van der Waals surface area (Å²) in [6, 6.07) is 0. The van der Waals surface area contributed by atoms with Crippen LogP contribution in [-0.2, 0) is 0 Å². The van der Waals surface area contributed by atoms with E-state index in [0.29, 0.717) is 0 Å². The molecule has 0 aromatic carbocycles. The van der Waals surface area contributed by atoms with Gasteiger partial charge in [0.25, 0.3) is 0 Å². The first-order valence-corrected chi connectivity index (χ1v) is 4.27. The Bertz CT molecular complexity index is 74.1. The lowest BCUT2D eigenvalue weighted by molar-refractivity contribution is 0.532. The van der Waals surface area contributed by atoms with Gasteiger partial charge < -0.3 is 0 Å². The van der Waals surface area contributed by atoms with Crippen molar-refractivity contribution < 1.29 is 0 Å². The number of hydrogen-bond donors (Lipinski definition) is 0. The van der Waals surface area contributed by atoms with E-state index in [4.69, 9.17) is 0 Å². The van der Waals surface area contributed by atoms with Crippen molar-refractivity contribution >= 4 is 0 Å². The van der Waals surface area contributed by atoms with Gasteiger partial charge in [-0.1, -0.05) is 39.2 Å². The fourth-order valence-corrected chi connectivity index (χ4v) is 1.07. The molecule has 1 radical (unpaired) electrons. The summed E-state index contributed by atoms with van der Waals surface area (Å²) in [6.07, 6.45) is 8.27. The Labute approximate surface area is 65.3 Å². The molecule has 0 amide bonds. The molecule has 0 bridgehead atoms. The van der Waals surface area contributed by atoms with Gasteiger partial charge in [0.1, 0.15) is 0 Å². The monoisotopic (exact) mass is 139 g/mol. The largest absolute Gasteiger partial charge is 0.103 e. The van der Waals surface area contributed by atoms with Crippen LogP contribution in [0.2, 0.25) is 0 Å². The first-order valence-electron chi connectivity index (χ1n) is 4.27. The molecule has 0 saturated heterocycles. The predicted molar refractivity (Wildman–Crippen MR) is 47.8 cm³/mol. The van der Waals surface area contributed by atoms with Crippen LogP contribution in [0.3, 0.4) is 0 Å². The lowest BCUT2D eigenvalue weighted by atomic mass is 9.99. The molecule has 0 nitrogen and oxygen atoms in total. The third-order valence-corrected chi connectivity index (χ3v) is 1.93. The van der Waals surface area contributed by atoms with Crippen LogP contribution in [0, 0.1) is 12.8 Å². The number of hydrogen-bond acceptors (Lipinski definition) is 0. The van der Waals surface area contributed by atoms with E-state index in [0.717, 1.165) is 12.3 Å². The Balaban J connectivity index is 3.17. The summed E-state index contributed by atoms with van der Waals surface area (Å²) in [6.45, 7) is 9.82. The second-order valence-electron chi connectivity index (χ2n) is 2.75. The minimum Gasteiger partial charge on any atom is -0.103 e. The summed E-state index contributed by atoms with van der Waals surface area (Å²) in [5.74, 6) is 0.742. The molecular formula is C10H19. The highest BCUT2D eigenvalue weighted by Gasteiger charge is 1.98. The van der Waals surface area contributed by atoms with Gasteiger partial charge in [-0.05, 0) is 18.8 Å².